The molecule has 6 amide bonds. The Morgan fingerprint density at radius 1 is 0.568 bits per heavy atom. The number of benzene rings is 7. The number of aliphatic carboxylic acids is 1. The second-order valence-corrected chi connectivity index (χ2v) is 31.6. The quantitative estimate of drug-likeness (QED) is 0.0529. The molecule has 41 heteroatoms. The number of carboxylic acids is 1. The van der Waals surface area contributed by atoms with Gasteiger partial charge in [0.1, 0.15) is 126 Å². The lowest BCUT2D eigenvalue weighted by Gasteiger charge is -2.44. The van der Waals surface area contributed by atoms with E-state index in [1.807, 2.05) is 0 Å². The van der Waals surface area contributed by atoms with Crippen molar-refractivity contribution < 1.29 is 152 Å². The molecule has 4 fully saturated rings. The van der Waals surface area contributed by atoms with E-state index in [-0.39, 0.29) is 46.8 Å². The van der Waals surface area contributed by atoms with Crippen molar-refractivity contribution in [3.8, 4) is 62.9 Å². The summed E-state index contributed by atoms with van der Waals surface area (Å²) in [5.41, 5.74) is 17.2. The van der Waals surface area contributed by atoms with Crippen molar-refractivity contribution in [2.45, 2.75) is 198 Å². The third-order valence-electron chi connectivity index (χ3n) is 22.7. The fourth-order valence-corrected chi connectivity index (χ4v) is 16.2. The van der Waals surface area contributed by atoms with E-state index >= 15 is 24.0 Å². The number of aliphatic hydroxyl groups excluding tert-OH is 9. The first kappa shape index (κ1) is 90.2. The van der Waals surface area contributed by atoms with E-state index in [0.717, 1.165) is 42.5 Å². The van der Waals surface area contributed by atoms with E-state index in [1.54, 1.807) is 37.3 Å². The summed E-state index contributed by atoms with van der Waals surface area (Å²) in [5, 5.41) is 162. The van der Waals surface area contributed by atoms with Crippen LogP contribution in [0.5, 0.6) is 51.7 Å². The van der Waals surface area contributed by atoms with Gasteiger partial charge in [0, 0.05) is 61.2 Å². The minimum absolute atomic E-state index is 0.0795. The molecule has 0 aliphatic carbocycles. The number of phenolic OH excluding ortho intramolecular Hbond substituents is 3. The monoisotopic (exact) mass is 1760 g/mol. The molecule has 11 bridgehead atoms. The van der Waals surface area contributed by atoms with Crippen LogP contribution < -0.4 is 68.0 Å². The number of carboxylic acid groups (broad SMARTS) is 1. The van der Waals surface area contributed by atoms with Gasteiger partial charge in [0.2, 0.25) is 53.8 Å². The number of nitrogens with two attached hydrogens (primary N) is 3. The summed E-state index contributed by atoms with van der Waals surface area (Å²) in [5.74, 6) is -14.6. The highest BCUT2D eigenvalue weighted by molar-refractivity contribution is 6.32. The third kappa shape index (κ3) is 19.2. The molecule has 0 saturated carbocycles. The van der Waals surface area contributed by atoms with Crippen LogP contribution in [0.1, 0.15) is 102 Å². The highest BCUT2D eigenvalue weighted by Gasteiger charge is 2.52. The minimum Gasteiger partial charge on any atom is -0.508 e. The summed E-state index contributed by atoms with van der Waals surface area (Å²) in [4.78, 5) is 110. The molecule has 668 valence electrons. The first-order valence-electron chi connectivity index (χ1n) is 39.7. The number of fused-ring (bicyclic) bond motifs is 15. The number of halogens is 1. The molecule has 9 unspecified atom stereocenters. The van der Waals surface area contributed by atoms with Crippen LogP contribution in [0.4, 0.5) is 0 Å². The van der Waals surface area contributed by atoms with Crippen molar-refractivity contribution in [1.82, 2.24) is 31.9 Å². The molecule has 25 N–H and O–H groups in total. The molecule has 27 atom stereocenters. The molecular formula is C84H94ClN9O31. The Balaban J connectivity index is 1.01. The van der Waals surface area contributed by atoms with Gasteiger partial charge in [-0.25, -0.2) is 4.79 Å². The van der Waals surface area contributed by atoms with Crippen molar-refractivity contribution in [3.05, 3.63) is 183 Å². The van der Waals surface area contributed by atoms with Crippen LogP contribution in [0, 0.1) is 0 Å². The normalized spacial score (nSPS) is 32.2. The Bertz CT molecular complexity index is 5100. The highest BCUT2D eigenvalue weighted by Crippen LogP contribution is 2.50. The number of hydrogen-bond acceptors (Lipinski definition) is 33. The zero-order chi connectivity index (χ0) is 89.4. The zero-order valence-electron chi connectivity index (χ0n) is 66.7. The Labute approximate surface area is 715 Å². The molecular weight excluding hydrogens is 1670 g/mol. The van der Waals surface area contributed by atoms with Crippen LogP contribution in [-0.4, -0.2) is 257 Å². The van der Waals surface area contributed by atoms with Gasteiger partial charge in [-0.15, -0.1) is 0 Å². The average molecular weight is 1760 g/mol. The number of aromatic hydroxyl groups is 3. The van der Waals surface area contributed by atoms with Gasteiger partial charge in [-0.05, 0) is 114 Å². The highest BCUT2D eigenvalue weighted by atomic mass is 35.5. The van der Waals surface area contributed by atoms with Gasteiger partial charge in [-0.2, -0.15) is 0 Å². The maximum absolute atomic E-state index is 16.8. The predicted molar refractivity (Wildman–Crippen MR) is 428 cm³/mol. The van der Waals surface area contributed by atoms with Crippen molar-refractivity contribution in [2.24, 2.45) is 17.2 Å². The predicted octanol–water partition coefficient (Wildman–Crippen LogP) is -0.824. The molecule has 16 rings (SSSR count). The van der Waals surface area contributed by atoms with Gasteiger partial charge in [-0.1, -0.05) is 78.3 Å². The number of carbonyl (C=O) groups is 7. The van der Waals surface area contributed by atoms with Crippen molar-refractivity contribution in [1.29, 1.82) is 0 Å². The number of phenols is 3. The summed E-state index contributed by atoms with van der Waals surface area (Å²) in [6.07, 6.45) is -31.2. The summed E-state index contributed by atoms with van der Waals surface area (Å²) in [6.45, 7) is 1.12. The molecule has 125 heavy (non-hydrogen) atoms. The number of ether oxygens (including phenoxy) is 11. The second-order valence-electron chi connectivity index (χ2n) is 31.2. The van der Waals surface area contributed by atoms with Crippen LogP contribution in [0.2, 0.25) is 5.02 Å². The number of methoxy groups -OCH3 is 1. The van der Waals surface area contributed by atoms with Crippen molar-refractivity contribution in [2.75, 3.05) is 20.3 Å². The van der Waals surface area contributed by atoms with Gasteiger partial charge in [0.25, 0.3) is 0 Å². The maximum atomic E-state index is 16.8. The standard InChI is InChI=1S/C84H94ClN9O31/c1-32-65(100)46(86)28-56(116-32)124-75-70(105)68(103)55(31-96)122-84(75)125-74-52-24-39-25-53(74)119-50-20-14-38(23-45(50)85)73(123-57-29-47(87)72(115-3)33(2)117-57)64-81(112)92-62(82(113)114)44-26-41(98)27-51(120-83-71(106)69(104)67(102)54(30-95)121-83)58(44)43-22-37(13-19-49(43)99)60(78(109)94-64)91-79(110)61(39)90-76(107)48(21-34-7-5-4-6-8-34)89-80(111)63(66(101)36-11-17-42(118-52)18-12-36)93-77(108)59(88)35-9-15-40(97)16-10-35/h4-20,22-27,32-33,46-48,54-57,59-73,75,83-84,95-106H,21,28-31,86-88H2,1-3H3,(H,89,111)(H,90,107)(H,91,110)(H,92,112)(H,93,108)(H,94,109)(H,113,114)/t32-,33-,46-,47-,48?,54+,55+,56-,57-,59?,60?,61?,62?,63?,64?,65-,66?,67+,68+,69-,70-,71-,72-,73?,75+,83-,84-/m0/s1. The van der Waals surface area contributed by atoms with Crippen LogP contribution >= 0.6 is 11.6 Å². The van der Waals surface area contributed by atoms with Crippen molar-refractivity contribution in [3.63, 3.8) is 0 Å². The minimum atomic E-state index is -2.43. The van der Waals surface area contributed by atoms with Gasteiger partial charge < -0.3 is 168 Å². The number of rotatable bonds is 17. The topological polar surface area (TPSA) is 634 Å². The first-order valence-corrected chi connectivity index (χ1v) is 40.1. The van der Waals surface area contributed by atoms with Crippen LogP contribution in [0.3, 0.4) is 0 Å². The first-order chi connectivity index (χ1) is 59.7. The van der Waals surface area contributed by atoms with Gasteiger partial charge in [0.15, 0.2) is 36.2 Å². The van der Waals surface area contributed by atoms with Crippen molar-refractivity contribution >= 4 is 53.0 Å². The molecule has 40 nitrogen and oxygen atoms in total. The van der Waals surface area contributed by atoms with E-state index < -0.39 is 293 Å². The molecule has 7 aromatic rings. The summed E-state index contributed by atoms with van der Waals surface area (Å²) in [7, 11) is 1.38. The smallest absolute Gasteiger partial charge is 0.330 e. The number of nitrogens with one attached hydrogen (secondary N) is 6. The van der Waals surface area contributed by atoms with Crippen LogP contribution in [0.25, 0.3) is 11.1 Å². The number of carbonyl (C=O) groups excluding carboxylic acids is 6. The average Bonchev–Trinajstić information content (AvgIpc) is 0.756. The maximum Gasteiger partial charge on any atom is 0.330 e. The molecule has 0 radical (unpaired) electrons. The molecule has 9 heterocycles. The second kappa shape index (κ2) is 38.0. The van der Waals surface area contributed by atoms with E-state index in [2.05, 4.69) is 31.9 Å². The lowest BCUT2D eigenvalue weighted by atomic mass is 9.89. The van der Waals surface area contributed by atoms with E-state index in [0.29, 0.717) is 5.56 Å². The fraction of sp³-hybridized carbons (Fsp3) is 0.417. The molecule has 4 saturated heterocycles. The summed E-state index contributed by atoms with van der Waals surface area (Å²) >= 11 is 7.46. The number of hydrogen-bond donors (Lipinski definition) is 22. The lowest BCUT2D eigenvalue weighted by molar-refractivity contribution is -0.330. The number of aliphatic hydroxyl groups is 9. The summed E-state index contributed by atoms with van der Waals surface area (Å²) < 4.78 is 69.9. The van der Waals surface area contributed by atoms with E-state index in [9.17, 15) is 76.0 Å². The number of amides is 6. The van der Waals surface area contributed by atoms with Gasteiger partial charge >= 0.3 is 5.97 Å². The molecule has 9 aliphatic heterocycles. The Kier molecular flexibility index (Phi) is 27.4. The van der Waals surface area contributed by atoms with Crippen LogP contribution in [-0.2, 0) is 73.1 Å². The zero-order valence-corrected chi connectivity index (χ0v) is 67.4. The molecule has 9 aliphatic rings. The molecule has 0 aromatic heterocycles. The van der Waals surface area contributed by atoms with E-state index in [1.165, 1.54) is 80.8 Å². The third-order valence-corrected chi connectivity index (χ3v) is 23.0. The van der Waals surface area contributed by atoms with Crippen LogP contribution in [0.15, 0.2) is 140 Å². The molecule has 0 spiro atoms. The Morgan fingerprint density at radius 2 is 1.19 bits per heavy atom. The Hall–Kier alpha value is -11.0. The Morgan fingerprint density at radius 3 is 1.86 bits per heavy atom. The lowest BCUT2D eigenvalue weighted by Crippen LogP contribution is -2.62. The SMILES string of the molecule is CO[C@H]1[C@H](C)O[C@@H](OC2c3ccc(c(Cl)c3)Oc3cc4cc(c3O[C@@H]3O[C@H](CO)[C@@H](O)[C@H](O)[C@H]3O[C@H]3C[C@H](N)[C@@H](O)[C@H](C)O3)Oc3ccc(cc3)C(O)C(NC(=O)C(N)c3ccc(O)cc3)C(=O)NC(Cc3ccccc3)C(=O)NC4C(=O)NC3C(=O)NC2C(=O)NC(C(=O)O)c2cc(O)cc(O[C@H]4O[C@H](CO)[C@@H](O)[C@H](O)[C@@H]4O)c2-c2cc3ccc2O)C[C@@H]1N. The largest absolute Gasteiger partial charge is 0.508 e. The summed E-state index contributed by atoms with van der Waals surface area (Å²) in [6, 6.07) is 12.2. The van der Waals surface area contributed by atoms with E-state index in [4.69, 9.17) is 80.9 Å². The van der Waals surface area contributed by atoms with Gasteiger partial charge in [0.05, 0.1) is 42.7 Å². The fourth-order valence-electron chi connectivity index (χ4n) is 16.0. The molecule has 7 aromatic carbocycles. The van der Waals surface area contributed by atoms with Gasteiger partial charge in [-0.3, -0.25) is 28.8 Å².